The predicted octanol–water partition coefficient (Wildman–Crippen LogP) is 3.01. The molecule has 1 amide bonds. The van der Waals surface area contributed by atoms with E-state index in [1.807, 2.05) is 29.2 Å². The zero-order chi connectivity index (χ0) is 17.8. The number of carbonyl (C=O) groups excluding carboxylic acids is 1. The largest absolute Gasteiger partial charge is 0.497 e. The molecular weight excluding hydrogens is 318 g/mol. The smallest absolute Gasteiger partial charge is 0.210 e. The Morgan fingerprint density at radius 3 is 2.52 bits per heavy atom. The molecule has 1 heterocycles. The number of methoxy groups -OCH3 is 3. The molecule has 0 fully saturated rings. The third-order valence-corrected chi connectivity index (χ3v) is 4.76. The average molecular weight is 341 g/mol. The minimum atomic E-state index is 0.00487. The average Bonchev–Trinajstić information content (AvgIpc) is 2.67. The number of ether oxygens (including phenoxy) is 3. The molecule has 2 aromatic carbocycles. The van der Waals surface area contributed by atoms with Crippen LogP contribution in [0.3, 0.4) is 0 Å². The van der Waals surface area contributed by atoms with Crippen LogP contribution < -0.4 is 14.2 Å². The fraction of sp³-hybridized carbons (Fsp3) is 0.350. The number of benzene rings is 2. The van der Waals surface area contributed by atoms with Gasteiger partial charge < -0.3 is 19.1 Å². The summed E-state index contributed by atoms with van der Waals surface area (Å²) in [4.78, 5) is 13.4. The highest BCUT2D eigenvalue weighted by Crippen LogP contribution is 2.35. The summed E-state index contributed by atoms with van der Waals surface area (Å²) in [6.07, 6.45) is 2.50. The van der Waals surface area contributed by atoms with E-state index in [1.54, 1.807) is 21.3 Å². The summed E-state index contributed by atoms with van der Waals surface area (Å²) >= 11 is 0. The van der Waals surface area contributed by atoms with Crippen LogP contribution in [0, 0.1) is 0 Å². The van der Waals surface area contributed by atoms with Crippen LogP contribution in [-0.2, 0) is 17.6 Å². The first-order valence-electron chi connectivity index (χ1n) is 8.29. The van der Waals surface area contributed by atoms with Gasteiger partial charge in [-0.25, -0.2) is 0 Å². The maximum absolute atomic E-state index is 11.6. The molecule has 3 rings (SSSR count). The Hall–Kier alpha value is -2.69. The number of rotatable bonds is 6. The van der Waals surface area contributed by atoms with E-state index in [1.165, 1.54) is 11.1 Å². The van der Waals surface area contributed by atoms with Gasteiger partial charge in [0.1, 0.15) is 5.75 Å². The van der Waals surface area contributed by atoms with Crippen molar-refractivity contribution in [2.75, 3.05) is 27.9 Å². The van der Waals surface area contributed by atoms with Crippen molar-refractivity contribution in [1.29, 1.82) is 0 Å². The molecule has 2 aromatic rings. The molecule has 0 saturated carbocycles. The zero-order valence-electron chi connectivity index (χ0n) is 14.8. The molecule has 0 bridgehead atoms. The number of nitrogens with zero attached hydrogens (tertiary/aromatic N) is 1. The molecular formula is C20H23NO4. The SMILES string of the molecule is COc1ccc2c(c1)CCN(C=O)[C@@H]2Cc1ccc(OC)c(OC)c1. The molecule has 0 N–H and O–H groups in total. The molecule has 0 unspecified atom stereocenters. The summed E-state index contributed by atoms with van der Waals surface area (Å²) in [5.41, 5.74) is 3.51. The Balaban J connectivity index is 1.94. The second-order valence-corrected chi connectivity index (χ2v) is 6.07. The summed E-state index contributed by atoms with van der Waals surface area (Å²) in [6, 6.07) is 12.0. The lowest BCUT2D eigenvalue weighted by Crippen LogP contribution is -2.35. The van der Waals surface area contributed by atoms with E-state index in [2.05, 4.69) is 12.1 Å². The second-order valence-electron chi connectivity index (χ2n) is 6.07. The first kappa shape index (κ1) is 17.1. The number of fused-ring (bicyclic) bond motifs is 1. The van der Waals surface area contributed by atoms with Crippen LogP contribution in [0.5, 0.6) is 17.2 Å². The summed E-state index contributed by atoms with van der Waals surface area (Å²) in [7, 11) is 4.92. The minimum Gasteiger partial charge on any atom is -0.497 e. The topological polar surface area (TPSA) is 48.0 Å². The van der Waals surface area contributed by atoms with Crippen LogP contribution in [0.15, 0.2) is 36.4 Å². The third kappa shape index (κ3) is 3.40. The van der Waals surface area contributed by atoms with E-state index >= 15 is 0 Å². The van der Waals surface area contributed by atoms with Crippen LogP contribution in [-0.4, -0.2) is 39.2 Å². The molecule has 0 radical (unpaired) electrons. The van der Waals surface area contributed by atoms with Crippen molar-refractivity contribution in [2.45, 2.75) is 18.9 Å². The molecule has 0 saturated heterocycles. The number of amides is 1. The Morgan fingerprint density at radius 1 is 1.04 bits per heavy atom. The minimum absolute atomic E-state index is 0.00487. The fourth-order valence-electron chi connectivity index (χ4n) is 3.42. The summed E-state index contributed by atoms with van der Waals surface area (Å²) in [6.45, 7) is 0.710. The number of carbonyl (C=O) groups is 1. The summed E-state index contributed by atoms with van der Waals surface area (Å²) in [5.74, 6) is 2.25. The summed E-state index contributed by atoms with van der Waals surface area (Å²) in [5, 5.41) is 0. The number of hydrogen-bond donors (Lipinski definition) is 0. The van der Waals surface area contributed by atoms with Gasteiger partial charge in [-0.2, -0.15) is 0 Å². The molecule has 25 heavy (non-hydrogen) atoms. The molecule has 5 nitrogen and oxygen atoms in total. The lowest BCUT2D eigenvalue weighted by atomic mass is 9.89. The van der Waals surface area contributed by atoms with E-state index in [0.717, 1.165) is 30.6 Å². The maximum Gasteiger partial charge on any atom is 0.210 e. The number of hydrogen-bond acceptors (Lipinski definition) is 4. The van der Waals surface area contributed by atoms with Crippen LogP contribution in [0.2, 0.25) is 0 Å². The van der Waals surface area contributed by atoms with Gasteiger partial charge in [0.15, 0.2) is 11.5 Å². The van der Waals surface area contributed by atoms with Gasteiger partial charge in [0.25, 0.3) is 0 Å². The van der Waals surface area contributed by atoms with Crippen molar-refractivity contribution in [1.82, 2.24) is 4.90 Å². The van der Waals surface area contributed by atoms with Crippen LogP contribution in [0.1, 0.15) is 22.7 Å². The molecule has 1 aliphatic heterocycles. The standard InChI is InChI=1S/C20H23NO4/c1-23-16-5-6-17-15(12-16)8-9-21(13-22)18(17)10-14-4-7-19(24-2)20(11-14)25-3/h4-7,11-13,18H,8-10H2,1-3H3/t18-/m1/s1. The Labute approximate surface area is 148 Å². The lowest BCUT2D eigenvalue weighted by molar-refractivity contribution is -0.120. The van der Waals surface area contributed by atoms with Gasteiger partial charge in [0, 0.05) is 6.54 Å². The van der Waals surface area contributed by atoms with Crippen molar-refractivity contribution < 1.29 is 19.0 Å². The van der Waals surface area contributed by atoms with Gasteiger partial charge >= 0.3 is 0 Å². The highest BCUT2D eigenvalue weighted by Gasteiger charge is 2.27. The Morgan fingerprint density at radius 2 is 1.84 bits per heavy atom. The fourth-order valence-corrected chi connectivity index (χ4v) is 3.42. The zero-order valence-corrected chi connectivity index (χ0v) is 14.8. The third-order valence-electron chi connectivity index (χ3n) is 4.76. The Kier molecular flexibility index (Phi) is 5.12. The van der Waals surface area contributed by atoms with Crippen molar-refractivity contribution in [3.8, 4) is 17.2 Å². The molecule has 0 aromatic heterocycles. The summed E-state index contributed by atoms with van der Waals surface area (Å²) < 4.78 is 16.0. The van der Waals surface area contributed by atoms with Crippen LogP contribution in [0.4, 0.5) is 0 Å². The van der Waals surface area contributed by atoms with Gasteiger partial charge in [-0.1, -0.05) is 12.1 Å². The highest BCUT2D eigenvalue weighted by atomic mass is 16.5. The first-order chi connectivity index (χ1) is 12.2. The van der Waals surface area contributed by atoms with Gasteiger partial charge in [-0.15, -0.1) is 0 Å². The lowest BCUT2D eigenvalue weighted by Gasteiger charge is -2.35. The highest BCUT2D eigenvalue weighted by molar-refractivity contribution is 5.53. The van der Waals surface area contributed by atoms with Gasteiger partial charge in [-0.3, -0.25) is 4.79 Å². The normalized spacial score (nSPS) is 16.1. The van der Waals surface area contributed by atoms with Crippen molar-refractivity contribution in [3.63, 3.8) is 0 Å². The molecule has 5 heteroatoms. The van der Waals surface area contributed by atoms with E-state index in [0.29, 0.717) is 18.0 Å². The molecule has 132 valence electrons. The molecule has 1 atom stereocenters. The van der Waals surface area contributed by atoms with Gasteiger partial charge in [0.05, 0.1) is 27.4 Å². The first-order valence-corrected chi connectivity index (χ1v) is 8.29. The van der Waals surface area contributed by atoms with E-state index in [9.17, 15) is 4.79 Å². The molecule has 0 aliphatic carbocycles. The Bertz CT molecular complexity index is 759. The van der Waals surface area contributed by atoms with Crippen molar-refractivity contribution in [3.05, 3.63) is 53.1 Å². The second kappa shape index (κ2) is 7.47. The van der Waals surface area contributed by atoms with Gasteiger partial charge in [0.2, 0.25) is 6.41 Å². The monoisotopic (exact) mass is 341 g/mol. The van der Waals surface area contributed by atoms with E-state index in [4.69, 9.17) is 14.2 Å². The van der Waals surface area contributed by atoms with Crippen molar-refractivity contribution >= 4 is 6.41 Å². The predicted molar refractivity (Wildman–Crippen MR) is 95.5 cm³/mol. The van der Waals surface area contributed by atoms with E-state index in [-0.39, 0.29) is 6.04 Å². The molecule has 1 aliphatic rings. The van der Waals surface area contributed by atoms with E-state index < -0.39 is 0 Å². The molecule has 0 spiro atoms. The van der Waals surface area contributed by atoms with Crippen LogP contribution >= 0.6 is 0 Å². The van der Waals surface area contributed by atoms with Crippen molar-refractivity contribution in [2.24, 2.45) is 0 Å². The van der Waals surface area contributed by atoms with Crippen LogP contribution in [0.25, 0.3) is 0 Å². The maximum atomic E-state index is 11.6. The quantitative estimate of drug-likeness (QED) is 0.758. The van der Waals surface area contributed by atoms with Gasteiger partial charge in [-0.05, 0) is 53.8 Å².